The topological polar surface area (TPSA) is 118 Å². The van der Waals surface area contributed by atoms with Crippen LogP contribution in [0, 0.1) is 6.92 Å². The Balaban J connectivity index is 1.74. The summed E-state index contributed by atoms with van der Waals surface area (Å²) >= 11 is 0. The number of ether oxygens (including phenoxy) is 3. The van der Waals surface area contributed by atoms with E-state index in [0.717, 1.165) is 11.1 Å². The van der Waals surface area contributed by atoms with E-state index in [4.69, 9.17) is 18.7 Å². The van der Waals surface area contributed by atoms with Crippen molar-refractivity contribution in [1.29, 1.82) is 0 Å². The van der Waals surface area contributed by atoms with Crippen molar-refractivity contribution >= 4 is 26.8 Å². The summed E-state index contributed by atoms with van der Waals surface area (Å²) in [5, 5.41) is 8.60. The first-order valence-electron chi connectivity index (χ1n) is 9.55. The molecule has 0 aliphatic carbocycles. The first kappa shape index (κ1) is 21.5. The van der Waals surface area contributed by atoms with Gasteiger partial charge in [0.15, 0.2) is 16.3 Å². The number of aromatic nitrogens is 3. The van der Waals surface area contributed by atoms with E-state index in [9.17, 15) is 8.42 Å². The molecule has 0 spiro atoms. The number of benzene rings is 2. The smallest absolute Gasteiger partial charge is 0.270 e. The lowest BCUT2D eigenvalue weighted by Gasteiger charge is -2.14. The van der Waals surface area contributed by atoms with Gasteiger partial charge in [0.2, 0.25) is 0 Å². The summed E-state index contributed by atoms with van der Waals surface area (Å²) in [6.45, 7) is 2.44. The lowest BCUT2D eigenvalue weighted by atomic mass is 10.1. The standard InChI is InChI=1S/C21H22N4O6S/c1-13-10-22-25(11-13)12-14-8-17(30-4)19-18(9-14)31-23-21(19)24-32(26,27)20-15(28-2)6-5-7-16(20)29-3/h5-11H,12H2,1-4H3,(H,23,24). The van der Waals surface area contributed by atoms with Crippen LogP contribution in [0.3, 0.4) is 0 Å². The largest absolute Gasteiger partial charge is 0.496 e. The number of methoxy groups -OCH3 is 3. The summed E-state index contributed by atoms with van der Waals surface area (Å²) in [6, 6.07) is 8.25. The zero-order valence-electron chi connectivity index (χ0n) is 17.9. The van der Waals surface area contributed by atoms with Crippen molar-refractivity contribution in [3.63, 3.8) is 0 Å². The van der Waals surface area contributed by atoms with E-state index in [1.165, 1.54) is 33.5 Å². The minimum atomic E-state index is -4.13. The van der Waals surface area contributed by atoms with Gasteiger partial charge in [-0.2, -0.15) is 5.10 Å². The van der Waals surface area contributed by atoms with Gasteiger partial charge in [-0.05, 0) is 42.3 Å². The maximum absolute atomic E-state index is 13.2. The Labute approximate surface area is 184 Å². The van der Waals surface area contributed by atoms with Crippen LogP contribution in [0.4, 0.5) is 5.82 Å². The van der Waals surface area contributed by atoms with Crippen LogP contribution in [-0.4, -0.2) is 44.7 Å². The number of hydrogen-bond acceptors (Lipinski definition) is 8. The Morgan fingerprint density at radius 1 is 1.06 bits per heavy atom. The van der Waals surface area contributed by atoms with Crippen molar-refractivity contribution in [3.8, 4) is 17.2 Å². The quantitative estimate of drug-likeness (QED) is 0.428. The molecule has 0 saturated heterocycles. The number of nitrogens with one attached hydrogen (secondary N) is 1. The fourth-order valence-electron chi connectivity index (χ4n) is 3.41. The lowest BCUT2D eigenvalue weighted by molar-refractivity contribution is 0.373. The van der Waals surface area contributed by atoms with Crippen LogP contribution in [0.2, 0.25) is 0 Å². The SMILES string of the molecule is COc1cccc(OC)c1S(=O)(=O)Nc1noc2cc(Cn3cc(C)cn3)cc(OC)c12. The third-order valence-corrected chi connectivity index (χ3v) is 6.21. The van der Waals surface area contributed by atoms with Crippen molar-refractivity contribution in [2.24, 2.45) is 0 Å². The Morgan fingerprint density at radius 3 is 2.34 bits per heavy atom. The number of anilines is 1. The molecule has 0 atom stereocenters. The summed E-state index contributed by atoms with van der Waals surface area (Å²) in [5.74, 6) is 0.667. The molecule has 0 bridgehead atoms. The maximum atomic E-state index is 13.2. The molecule has 0 unspecified atom stereocenters. The Kier molecular flexibility index (Phi) is 5.66. The van der Waals surface area contributed by atoms with Crippen LogP contribution in [0.25, 0.3) is 11.0 Å². The van der Waals surface area contributed by atoms with Gasteiger partial charge in [0.1, 0.15) is 22.6 Å². The van der Waals surface area contributed by atoms with Crippen LogP contribution < -0.4 is 18.9 Å². The summed E-state index contributed by atoms with van der Waals surface area (Å²) in [4.78, 5) is -0.147. The third kappa shape index (κ3) is 3.94. The monoisotopic (exact) mass is 458 g/mol. The van der Waals surface area contributed by atoms with Crippen LogP contribution >= 0.6 is 0 Å². The normalized spacial score (nSPS) is 11.5. The molecule has 0 fully saturated rings. The molecule has 2 heterocycles. The van der Waals surface area contributed by atoms with Crippen molar-refractivity contribution in [2.75, 3.05) is 26.1 Å². The van der Waals surface area contributed by atoms with Crippen LogP contribution in [0.5, 0.6) is 17.2 Å². The average molecular weight is 458 g/mol. The van der Waals surface area contributed by atoms with Gasteiger partial charge in [0.05, 0.1) is 34.1 Å². The van der Waals surface area contributed by atoms with Gasteiger partial charge < -0.3 is 18.7 Å². The molecule has 11 heteroatoms. The van der Waals surface area contributed by atoms with Gasteiger partial charge in [-0.3, -0.25) is 9.40 Å². The number of rotatable bonds is 8. The summed E-state index contributed by atoms with van der Waals surface area (Å²) in [7, 11) is 0.118. The Morgan fingerprint density at radius 2 is 1.75 bits per heavy atom. The van der Waals surface area contributed by atoms with E-state index >= 15 is 0 Å². The first-order valence-corrected chi connectivity index (χ1v) is 11.0. The maximum Gasteiger partial charge on any atom is 0.270 e. The predicted octanol–water partition coefficient (Wildman–Crippen LogP) is 3.21. The van der Waals surface area contributed by atoms with E-state index in [1.54, 1.807) is 29.1 Å². The second kappa shape index (κ2) is 8.42. The second-order valence-corrected chi connectivity index (χ2v) is 8.63. The molecule has 4 rings (SSSR count). The first-order chi connectivity index (χ1) is 15.4. The zero-order chi connectivity index (χ0) is 22.9. The zero-order valence-corrected chi connectivity index (χ0v) is 18.8. The number of aryl methyl sites for hydroxylation is 1. The van der Waals surface area contributed by atoms with Crippen LogP contribution in [0.15, 0.2) is 52.1 Å². The number of fused-ring (bicyclic) bond motifs is 1. The van der Waals surface area contributed by atoms with E-state index < -0.39 is 10.0 Å². The molecular weight excluding hydrogens is 436 g/mol. The van der Waals surface area contributed by atoms with Crippen LogP contribution in [-0.2, 0) is 16.6 Å². The van der Waals surface area contributed by atoms with Crippen molar-refractivity contribution in [3.05, 3.63) is 53.9 Å². The fourth-order valence-corrected chi connectivity index (χ4v) is 4.74. The molecule has 0 saturated carbocycles. The minimum Gasteiger partial charge on any atom is -0.496 e. The van der Waals surface area contributed by atoms with E-state index in [0.29, 0.717) is 23.3 Å². The second-order valence-electron chi connectivity index (χ2n) is 7.01. The van der Waals surface area contributed by atoms with E-state index in [-0.39, 0.29) is 22.2 Å². The van der Waals surface area contributed by atoms with Gasteiger partial charge >= 0.3 is 0 Å². The van der Waals surface area contributed by atoms with Crippen molar-refractivity contribution < 1.29 is 27.2 Å². The minimum absolute atomic E-state index is 0.00806. The van der Waals surface area contributed by atoms with Gasteiger partial charge in [-0.1, -0.05) is 11.2 Å². The highest BCUT2D eigenvalue weighted by atomic mass is 32.2. The summed E-state index contributed by atoms with van der Waals surface area (Å²) in [6.07, 6.45) is 3.68. The molecular formula is C21H22N4O6S. The van der Waals surface area contributed by atoms with Crippen molar-refractivity contribution in [1.82, 2.24) is 14.9 Å². The van der Waals surface area contributed by atoms with E-state index in [1.807, 2.05) is 13.1 Å². The predicted molar refractivity (Wildman–Crippen MR) is 117 cm³/mol. The molecule has 2 aromatic carbocycles. The molecule has 1 N–H and O–H groups in total. The molecule has 0 aliphatic rings. The molecule has 10 nitrogen and oxygen atoms in total. The molecule has 0 amide bonds. The lowest BCUT2D eigenvalue weighted by Crippen LogP contribution is -2.15. The number of nitrogens with zero attached hydrogens (tertiary/aromatic N) is 3. The van der Waals surface area contributed by atoms with E-state index in [2.05, 4.69) is 15.0 Å². The molecule has 0 aliphatic heterocycles. The fraction of sp³-hybridized carbons (Fsp3) is 0.238. The Bertz CT molecular complexity index is 1350. The summed E-state index contributed by atoms with van der Waals surface area (Å²) in [5.41, 5.74) is 2.27. The average Bonchev–Trinajstić information content (AvgIpc) is 3.37. The van der Waals surface area contributed by atoms with Gasteiger partial charge in [-0.25, -0.2) is 8.42 Å². The number of sulfonamides is 1. The molecule has 168 valence electrons. The molecule has 4 aromatic rings. The Hall–Kier alpha value is -3.73. The highest BCUT2D eigenvalue weighted by Crippen LogP contribution is 2.38. The highest BCUT2D eigenvalue weighted by Gasteiger charge is 2.28. The highest BCUT2D eigenvalue weighted by molar-refractivity contribution is 7.93. The molecule has 0 radical (unpaired) electrons. The molecule has 32 heavy (non-hydrogen) atoms. The van der Waals surface area contributed by atoms with Crippen LogP contribution in [0.1, 0.15) is 11.1 Å². The van der Waals surface area contributed by atoms with Gasteiger partial charge in [-0.15, -0.1) is 0 Å². The van der Waals surface area contributed by atoms with Crippen molar-refractivity contribution in [2.45, 2.75) is 18.4 Å². The molecule has 2 aromatic heterocycles. The summed E-state index contributed by atoms with van der Waals surface area (Å²) < 4.78 is 52.0. The van der Waals surface area contributed by atoms with Gasteiger partial charge in [0, 0.05) is 6.20 Å². The van der Waals surface area contributed by atoms with Gasteiger partial charge in [0.25, 0.3) is 10.0 Å². The third-order valence-electron chi connectivity index (χ3n) is 4.81. The number of hydrogen-bond donors (Lipinski definition) is 1.